The van der Waals surface area contributed by atoms with Crippen molar-refractivity contribution in [3.63, 3.8) is 0 Å². The Bertz CT molecular complexity index is 549. The van der Waals surface area contributed by atoms with Gasteiger partial charge in [-0.2, -0.15) is 5.48 Å². The van der Waals surface area contributed by atoms with Gasteiger partial charge in [0, 0.05) is 13.2 Å². The minimum atomic E-state index is -0.147. The highest BCUT2D eigenvalue weighted by atomic mass is 16.7. The van der Waals surface area contributed by atoms with E-state index < -0.39 is 0 Å². The summed E-state index contributed by atoms with van der Waals surface area (Å²) in [6, 6.07) is 8.25. The molecule has 0 unspecified atom stereocenters. The Morgan fingerprint density at radius 3 is 3.00 bits per heavy atom. The molecule has 0 saturated heterocycles. The Morgan fingerprint density at radius 1 is 1.35 bits per heavy atom. The number of fused-ring (bicyclic) bond motifs is 1. The third-order valence-corrected chi connectivity index (χ3v) is 2.22. The van der Waals surface area contributed by atoms with Crippen LogP contribution in [0.25, 0.3) is 11.0 Å². The van der Waals surface area contributed by atoms with Crippen molar-refractivity contribution in [1.82, 2.24) is 5.48 Å². The molecule has 0 radical (unpaired) electrons. The predicted molar refractivity (Wildman–Crippen MR) is 62.8 cm³/mol. The molecular weight excluding hydrogens is 222 g/mol. The molecule has 2 N–H and O–H groups in total. The first-order valence-electron chi connectivity index (χ1n) is 5.35. The third kappa shape index (κ3) is 2.83. The van der Waals surface area contributed by atoms with Crippen LogP contribution in [0.1, 0.15) is 6.42 Å². The van der Waals surface area contributed by atoms with Crippen LogP contribution >= 0.6 is 0 Å². The van der Waals surface area contributed by atoms with Crippen molar-refractivity contribution in [2.45, 2.75) is 6.42 Å². The summed E-state index contributed by atoms with van der Waals surface area (Å²) in [4.78, 5) is 16.7. The average Bonchev–Trinajstić information content (AvgIpc) is 2.35. The van der Waals surface area contributed by atoms with Crippen LogP contribution in [-0.2, 0) is 0 Å². The smallest absolute Gasteiger partial charge is 0.308 e. The molecular formula is C12H13NO4. The van der Waals surface area contributed by atoms with Gasteiger partial charge in [-0.05, 0) is 18.6 Å². The highest BCUT2D eigenvalue weighted by molar-refractivity contribution is 5.76. The molecule has 1 aromatic heterocycles. The quantitative estimate of drug-likeness (QED) is 0.599. The number of hydrogen-bond acceptors (Lipinski definition) is 5. The van der Waals surface area contributed by atoms with Crippen LogP contribution in [-0.4, -0.2) is 18.3 Å². The van der Waals surface area contributed by atoms with E-state index in [9.17, 15) is 4.79 Å². The van der Waals surface area contributed by atoms with E-state index in [1.165, 1.54) is 6.07 Å². The van der Waals surface area contributed by atoms with E-state index in [-0.39, 0.29) is 18.0 Å². The monoisotopic (exact) mass is 235 g/mol. The molecule has 0 saturated carbocycles. The van der Waals surface area contributed by atoms with Crippen LogP contribution in [0, 0.1) is 0 Å². The highest BCUT2D eigenvalue weighted by Crippen LogP contribution is 2.15. The first-order chi connectivity index (χ1) is 8.31. The van der Waals surface area contributed by atoms with Crippen molar-refractivity contribution in [2.75, 3.05) is 13.2 Å². The van der Waals surface area contributed by atoms with Crippen LogP contribution < -0.4 is 15.7 Å². The fraction of sp³-hybridized carbons (Fsp3) is 0.250. The summed E-state index contributed by atoms with van der Waals surface area (Å²) >= 11 is 0. The van der Waals surface area contributed by atoms with Crippen LogP contribution in [0.15, 0.2) is 39.5 Å². The molecule has 0 aliphatic carbocycles. The SMILES string of the molecule is O=c1cc(ONCCCO)oc2ccccc12. The van der Waals surface area contributed by atoms with Gasteiger partial charge in [0.1, 0.15) is 5.58 Å². The number of benzene rings is 1. The molecule has 1 aromatic carbocycles. The van der Waals surface area contributed by atoms with Gasteiger partial charge in [0.15, 0.2) is 5.43 Å². The minimum Gasteiger partial charge on any atom is -0.424 e. The lowest BCUT2D eigenvalue weighted by Crippen LogP contribution is -2.21. The van der Waals surface area contributed by atoms with Gasteiger partial charge in [-0.1, -0.05) is 12.1 Å². The zero-order chi connectivity index (χ0) is 12.1. The number of hydrogen-bond donors (Lipinski definition) is 2. The molecule has 2 rings (SSSR count). The normalized spacial score (nSPS) is 10.6. The molecule has 1 heterocycles. The summed E-state index contributed by atoms with van der Waals surface area (Å²) in [5, 5.41) is 9.10. The van der Waals surface area contributed by atoms with Gasteiger partial charge in [-0.25, -0.2) is 0 Å². The second-order valence-corrected chi connectivity index (χ2v) is 3.50. The van der Waals surface area contributed by atoms with Gasteiger partial charge in [0.25, 0.3) is 0 Å². The number of aliphatic hydroxyl groups is 1. The predicted octanol–water partition coefficient (Wildman–Crippen LogP) is 1.06. The van der Waals surface area contributed by atoms with Gasteiger partial charge in [0.05, 0.1) is 11.5 Å². The summed E-state index contributed by atoms with van der Waals surface area (Å²) in [5.41, 5.74) is 2.94. The van der Waals surface area contributed by atoms with Crippen LogP contribution in [0.4, 0.5) is 0 Å². The maximum Gasteiger partial charge on any atom is 0.308 e. The van der Waals surface area contributed by atoms with E-state index in [4.69, 9.17) is 14.4 Å². The Kier molecular flexibility index (Phi) is 3.74. The van der Waals surface area contributed by atoms with Gasteiger partial charge in [-0.15, -0.1) is 0 Å². The maximum absolute atomic E-state index is 11.7. The summed E-state index contributed by atoms with van der Waals surface area (Å²) in [6.45, 7) is 0.561. The van der Waals surface area contributed by atoms with Crippen molar-refractivity contribution in [1.29, 1.82) is 0 Å². The summed E-state index contributed by atoms with van der Waals surface area (Å²) in [5.74, 6) is 0.117. The van der Waals surface area contributed by atoms with Gasteiger partial charge in [0.2, 0.25) is 0 Å². The van der Waals surface area contributed by atoms with Crippen LogP contribution in [0.2, 0.25) is 0 Å². The molecule has 0 amide bonds. The molecule has 0 bridgehead atoms. The molecule has 0 fully saturated rings. The first-order valence-corrected chi connectivity index (χ1v) is 5.35. The maximum atomic E-state index is 11.7. The van der Waals surface area contributed by atoms with Crippen LogP contribution in [0.3, 0.4) is 0 Å². The van der Waals surface area contributed by atoms with E-state index in [2.05, 4.69) is 5.48 Å². The Balaban J connectivity index is 2.16. The molecule has 5 nitrogen and oxygen atoms in total. The molecule has 2 aromatic rings. The second kappa shape index (κ2) is 5.47. The Labute approximate surface area is 97.6 Å². The van der Waals surface area contributed by atoms with E-state index in [0.29, 0.717) is 23.9 Å². The fourth-order valence-corrected chi connectivity index (χ4v) is 1.41. The molecule has 0 spiro atoms. The summed E-state index contributed by atoms with van der Waals surface area (Å²) < 4.78 is 5.38. The van der Waals surface area contributed by atoms with Crippen LogP contribution in [0.5, 0.6) is 5.95 Å². The van der Waals surface area contributed by atoms with Gasteiger partial charge < -0.3 is 14.4 Å². The third-order valence-electron chi connectivity index (χ3n) is 2.22. The zero-order valence-electron chi connectivity index (χ0n) is 9.18. The first kappa shape index (κ1) is 11.6. The highest BCUT2D eigenvalue weighted by Gasteiger charge is 2.04. The topological polar surface area (TPSA) is 71.7 Å². The van der Waals surface area contributed by atoms with E-state index in [1.54, 1.807) is 24.3 Å². The average molecular weight is 235 g/mol. The molecule has 17 heavy (non-hydrogen) atoms. The molecule has 0 aliphatic rings. The van der Waals surface area contributed by atoms with Gasteiger partial charge in [-0.3, -0.25) is 4.79 Å². The minimum absolute atomic E-state index is 0.0814. The molecule has 0 aliphatic heterocycles. The second-order valence-electron chi connectivity index (χ2n) is 3.50. The number of rotatable bonds is 5. The zero-order valence-corrected chi connectivity index (χ0v) is 9.18. The van der Waals surface area contributed by atoms with Crippen molar-refractivity contribution in [3.8, 4) is 5.95 Å². The molecule has 0 atom stereocenters. The Morgan fingerprint density at radius 2 is 2.18 bits per heavy atom. The number of para-hydroxylation sites is 1. The number of hydroxylamine groups is 1. The largest absolute Gasteiger partial charge is 0.424 e. The van der Waals surface area contributed by atoms with E-state index in [1.807, 2.05) is 0 Å². The Hall–Kier alpha value is -1.85. The van der Waals surface area contributed by atoms with E-state index in [0.717, 1.165) is 0 Å². The number of nitrogens with one attached hydrogen (secondary N) is 1. The van der Waals surface area contributed by atoms with E-state index >= 15 is 0 Å². The number of aliphatic hydroxyl groups excluding tert-OH is 1. The van der Waals surface area contributed by atoms with Crippen molar-refractivity contribution in [3.05, 3.63) is 40.6 Å². The molecule has 5 heteroatoms. The van der Waals surface area contributed by atoms with Gasteiger partial charge >= 0.3 is 5.95 Å². The standard InChI is InChI=1S/C12H13NO4/c14-7-3-6-13-17-12-8-10(15)9-4-1-2-5-11(9)16-12/h1-2,4-5,8,13-14H,3,6-7H2. The molecule has 90 valence electrons. The lowest BCUT2D eigenvalue weighted by molar-refractivity contribution is 0.141. The lowest BCUT2D eigenvalue weighted by atomic mass is 10.2. The van der Waals surface area contributed by atoms with Crippen molar-refractivity contribution < 1.29 is 14.4 Å². The lowest BCUT2D eigenvalue weighted by Gasteiger charge is -2.05. The van der Waals surface area contributed by atoms with Crippen molar-refractivity contribution in [2.24, 2.45) is 0 Å². The van der Waals surface area contributed by atoms with Crippen molar-refractivity contribution >= 4 is 11.0 Å². The summed E-state index contributed by atoms with van der Waals surface area (Å²) in [7, 11) is 0. The fourth-order valence-electron chi connectivity index (χ4n) is 1.41. The summed E-state index contributed by atoms with van der Waals surface area (Å²) in [6.07, 6.45) is 0.567.